The highest BCUT2D eigenvalue weighted by atomic mass is 35.5. The first kappa shape index (κ1) is 21.1. The van der Waals surface area contributed by atoms with E-state index in [2.05, 4.69) is 24.1 Å². The molecule has 22 heavy (non-hydrogen) atoms. The fraction of sp³-hybridized carbons (Fsp3) is 0.467. The number of thiazole rings is 1. The lowest BCUT2D eigenvalue weighted by atomic mass is 9.90. The summed E-state index contributed by atoms with van der Waals surface area (Å²) < 4.78 is 1.02. The first-order valence-electron chi connectivity index (χ1n) is 6.79. The van der Waals surface area contributed by atoms with Crippen LogP contribution in [-0.2, 0) is 0 Å². The fourth-order valence-electron chi connectivity index (χ4n) is 2.43. The monoisotopic (exact) mass is 363 g/mol. The highest BCUT2D eigenvalue weighted by Crippen LogP contribution is 2.20. The molecule has 0 aliphatic carbocycles. The number of aromatic nitrogens is 1. The van der Waals surface area contributed by atoms with Crippen LogP contribution in [-0.4, -0.2) is 23.0 Å². The highest BCUT2D eigenvalue weighted by Gasteiger charge is 2.26. The van der Waals surface area contributed by atoms with Gasteiger partial charge in [0.1, 0.15) is 0 Å². The summed E-state index contributed by atoms with van der Waals surface area (Å²) in [6.45, 7) is 6.68. The Morgan fingerprint density at radius 1 is 1.41 bits per heavy atom. The molecule has 124 valence electrons. The van der Waals surface area contributed by atoms with Gasteiger partial charge >= 0.3 is 0 Å². The second kappa shape index (κ2) is 8.67. The zero-order valence-corrected chi connectivity index (χ0v) is 15.4. The normalized spacial score (nSPS) is 13.1. The maximum atomic E-state index is 12.4. The van der Waals surface area contributed by atoms with Gasteiger partial charge < -0.3 is 11.1 Å². The molecule has 7 heteroatoms. The molecule has 1 aromatic heterocycles. The molecule has 0 aliphatic rings. The molecule has 2 rings (SSSR count). The molecule has 1 atom stereocenters. The van der Waals surface area contributed by atoms with Crippen molar-refractivity contribution in [2.75, 3.05) is 6.54 Å². The molecule has 1 amide bonds. The van der Waals surface area contributed by atoms with E-state index in [0.29, 0.717) is 18.0 Å². The Labute approximate surface area is 147 Å². The Hall–Kier alpha value is -0.880. The van der Waals surface area contributed by atoms with E-state index in [1.165, 1.54) is 11.3 Å². The number of halogens is 2. The predicted molar refractivity (Wildman–Crippen MR) is 98.5 cm³/mol. The van der Waals surface area contributed by atoms with Crippen molar-refractivity contribution in [2.24, 2.45) is 11.7 Å². The first-order valence-corrected chi connectivity index (χ1v) is 7.67. The van der Waals surface area contributed by atoms with Crippen LogP contribution in [0.15, 0.2) is 23.7 Å². The van der Waals surface area contributed by atoms with Crippen molar-refractivity contribution >= 4 is 52.3 Å². The summed E-state index contributed by atoms with van der Waals surface area (Å²) in [6.07, 6.45) is 0.859. The number of carbonyl (C=O) groups is 1. The van der Waals surface area contributed by atoms with Crippen LogP contribution in [0.25, 0.3) is 10.2 Å². The predicted octanol–water partition coefficient (Wildman–Crippen LogP) is 3.63. The molecule has 0 saturated carbocycles. The zero-order valence-electron chi connectivity index (χ0n) is 13.0. The summed E-state index contributed by atoms with van der Waals surface area (Å²) in [5, 5.41) is 3.07. The number of benzene rings is 1. The number of carbonyl (C=O) groups excluding carboxylic acids is 1. The topological polar surface area (TPSA) is 68.0 Å². The van der Waals surface area contributed by atoms with E-state index in [1.807, 2.05) is 25.1 Å². The zero-order chi connectivity index (χ0) is 14.8. The minimum Gasteiger partial charge on any atom is -0.346 e. The van der Waals surface area contributed by atoms with E-state index < -0.39 is 0 Å². The van der Waals surface area contributed by atoms with E-state index in [4.69, 9.17) is 5.73 Å². The van der Waals surface area contributed by atoms with Gasteiger partial charge in [0, 0.05) is 17.6 Å². The number of rotatable bonds is 5. The maximum absolute atomic E-state index is 12.4. The van der Waals surface area contributed by atoms with E-state index in [1.54, 1.807) is 5.51 Å². The molecule has 1 heterocycles. The third kappa shape index (κ3) is 5.09. The number of hydrogen-bond acceptors (Lipinski definition) is 4. The molecule has 0 radical (unpaired) electrons. The number of nitrogens with one attached hydrogen (secondary N) is 1. The summed E-state index contributed by atoms with van der Waals surface area (Å²) in [5.74, 6) is 0.404. The van der Waals surface area contributed by atoms with Crippen LogP contribution in [0, 0.1) is 5.92 Å². The third-order valence-electron chi connectivity index (χ3n) is 3.32. The molecule has 1 aromatic carbocycles. The van der Waals surface area contributed by atoms with Crippen molar-refractivity contribution in [3.63, 3.8) is 0 Å². The lowest BCUT2D eigenvalue weighted by Crippen LogP contribution is -2.52. The maximum Gasteiger partial charge on any atom is 0.251 e. The van der Waals surface area contributed by atoms with E-state index in [0.717, 1.165) is 16.6 Å². The number of hydrogen-bond donors (Lipinski definition) is 2. The summed E-state index contributed by atoms with van der Waals surface area (Å²) in [4.78, 5) is 16.6. The Balaban J connectivity index is 0.00000220. The van der Waals surface area contributed by atoms with Gasteiger partial charge in [0.15, 0.2) is 0 Å². The van der Waals surface area contributed by atoms with Crippen molar-refractivity contribution in [1.29, 1.82) is 0 Å². The van der Waals surface area contributed by atoms with Crippen LogP contribution < -0.4 is 11.1 Å². The SMILES string of the molecule is CC(C)CC(C)(CN)NC(=O)c1ccc2ncsc2c1.Cl.Cl. The van der Waals surface area contributed by atoms with Gasteiger partial charge in [-0.1, -0.05) is 13.8 Å². The Kier molecular flexibility index (Phi) is 8.33. The summed E-state index contributed by atoms with van der Waals surface area (Å²) in [5.41, 5.74) is 8.84. The lowest BCUT2D eigenvalue weighted by molar-refractivity contribution is 0.0898. The quantitative estimate of drug-likeness (QED) is 0.851. The molecular weight excluding hydrogens is 341 g/mol. The highest BCUT2D eigenvalue weighted by molar-refractivity contribution is 7.16. The summed E-state index contributed by atoms with van der Waals surface area (Å²) in [6, 6.07) is 5.57. The standard InChI is InChI=1S/C15H21N3OS.2ClH/c1-10(2)7-15(3,8-16)18-14(19)11-4-5-12-13(6-11)20-9-17-12;;/h4-6,9-10H,7-8,16H2,1-3H3,(H,18,19);2*1H. The Morgan fingerprint density at radius 3 is 2.68 bits per heavy atom. The van der Waals surface area contributed by atoms with Crippen molar-refractivity contribution < 1.29 is 4.79 Å². The van der Waals surface area contributed by atoms with Gasteiger partial charge in [-0.3, -0.25) is 4.79 Å². The summed E-state index contributed by atoms with van der Waals surface area (Å²) >= 11 is 1.54. The van der Waals surface area contributed by atoms with E-state index >= 15 is 0 Å². The fourth-order valence-corrected chi connectivity index (χ4v) is 3.15. The van der Waals surface area contributed by atoms with Gasteiger partial charge in [-0.05, 0) is 37.5 Å². The second-order valence-corrected chi connectivity index (χ2v) is 6.74. The number of amides is 1. The van der Waals surface area contributed by atoms with E-state index in [-0.39, 0.29) is 36.3 Å². The summed E-state index contributed by atoms with van der Waals surface area (Å²) in [7, 11) is 0. The minimum absolute atomic E-state index is 0. The minimum atomic E-state index is -0.367. The van der Waals surface area contributed by atoms with Gasteiger partial charge in [0.2, 0.25) is 0 Å². The van der Waals surface area contributed by atoms with Crippen LogP contribution in [0.5, 0.6) is 0 Å². The van der Waals surface area contributed by atoms with Crippen LogP contribution in [0.3, 0.4) is 0 Å². The lowest BCUT2D eigenvalue weighted by Gasteiger charge is -2.31. The Morgan fingerprint density at radius 2 is 2.09 bits per heavy atom. The van der Waals surface area contributed by atoms with Crippen LogP contribution in [0.1, 0.15) is 37.6 Å². The van der Waals surface area contributed by atoms with Crippen molar-refractivity contribution in [3.8, 4) is 0 Å². The van der Waals surface area contributed by atoms with Crippen molar-refractivity contribution in [1.82, 2.24) is 10.3 Å². The van der Waals surface area contributed by atoms with Gasteiger partial charge in [-0.2, -0.15) is 0 Å². The van der Waals surface area contributed by atoms with Gasteiger partial charge in [0.05, 0.1) is 15.7 Å². The largest absolute Gasteiger partial charge is 0.346 e. The van der Waals surface area contributed by atoms with Gasteiger partial charge in [-0.15, -0.1) is 36.2 Å². The molecule has 0 saturated heterocycles. The molecule has 3 N–H and O–H groups in total. The van der Waals surface area contributed by atoms with Crippen LogP contribution >= 0.6 is 36.2 Å². The number of fused-ring (bicyclic) bond motifs is 1. The molecular formula is C15H23Cl2N3OS. The number of nitrogens with zero attached hydrogens (tertiary/aromatic N) is 1. The Bertz CT molecular complexity index is 618. The molecule has 4 nitrogen and oxygen atoms in total. The molecule has 0 fully saturated rings. The van der Waals surface area contributed by atoms with Gasteiger partial charge in [-0.25, -0.2) is 4.98 Å². The molecule has 2 aromatic rings. The second-order valence-electron chi connectivity index (χ2n) is 5.85. The third-order valence-corrected chi connectivity index (χ3v) is 4.11. The van der Waals surface area contributed by atoms with Crippen molar-refractivity contribution in [3.05, 3.63) is 29.3 Å². The molecule has 1 unspecified atom stereocenters. The average Bonchev–Trinajstić information content (AvgIpc) is 2.84. The van der Waals surface area contributed by atoms with Crippen molar-refractivity contribution in [2.45, 2.75) is 32.7 Å². The molecule has 0 bridgehead atoms. The van der Waals surface area contributed by atoms with Crippen LogP contribution in [0.2, 0.25) is 0 Å². The van der Waals surface area contributed by atoms with Crippen LogP contribution in [0.4, 0.5) is 0 Å². The average molecular weight is 364 g/mol. The molecule has 0 aliphatic heterocycles. The number of nitrogens with two attached hydrogens (primary N) is 1. The van der Waals surface area contributed by atoms with E-state index in [9.17, 15) is 4.79 Å². The smallest absolute Gasteiger partial charge is 0.251 e. The van der Waals surface area contributed by atoms with Gasteiger partial charge in [0.25, 0.3) is 5.91 Å². The first-order chi connectivity index (χ1) is 9.43. The molecule has 0 spiro atoms.